The van der Waals surface area contributed by atoms with Crippen molar-refractivity contribution in [1.82, 2.24) is 5.32 Å². The lowest BCUT2D eigenvalue weighted by molar-refractivity contribution is 0.0843. The summed E-state index contributed by atoms with van der Waals surface area (Å²) in [6.07, 6.45) is 1.63. The second-order valence-electron chi connectivity index (χ2n) is 5.47. The highest BCUT2D eigenvalue weighted by molar-refractivity contribution is 5.17. The molecule has 2 rings (SSSR count). The van der Waals surface area contributed by atoms with Crippen LogP contribution in [0.25, 0.3) is 0 Å². The lowest BCUT2D eigenvalue weighted by Gasteiger charge is -2.18. The molecule has 0 bridgehead atoms. The summed E-state index contributed by atoms with van der Waals surface area (Å²) in [7, 11) is 0. The number of hydrogen-bond acceptors (Lipinski definition) is 3. The second kappa shape index (κ2) is 7.96. The van der Waals surface area contributed by atoms with Crippen molar-refractivity contribution >= 4 is 0 Å². The Bertz CT molecular complexity index is 525. The first kappa shape index (κ1) is 15.7. The maximum absolute atomic E-state index is 13.6. The van der Waals surface area contributed by atoms with Crippen molar-refractivity contribution in [2.75, 3.05) is 13.2 Å². The Morgan fingerprint density at radius 3 is 2.62 bits per heavy atom. The Morgan fingerprint density at radius 2 is 1.95 bits per heavy atom. The van der Waals surface area contributed by atoms with Crippen LogP contribution >= 0.6 is 0 Å². The third-order valence-electron chi connectivity index (χ3n) is 3.12. The van der Waals surface area contributed by atoms with Gasteiger partial charge < -0.3 is 14.5 Å². The van der Waals surface area contributed by atoms with E-state index in [1.165, 1.54) is 6.07 Å². The molecule has 1 aromatic carbocycles. The van der Waals surface area contributed by atoms with Gasteiger partial charge in [-0.1, -0.05) is 32.0 Å². The van der Waals surface area contributed by atoms with Crippen LogP contribution in [0.5, 0.6) is 0 Å². The van der Waals surface area contributed by atoms with Crippen LogP contribution in [0.15, 0.2) is 47.1 Å². The molecule has 0 spiro atoms. The summed E-state index contributed by atoms with van der Waals surface area (Å²) in [5, 5.41) is 3.29. The van der Waals surface area contributed by atoms with Crippen molar-refractivity contribution in [3.8, 4) is 0 Å². The Kier molecular flexibility index (Phi) is 5.96. The summed E-state index contributed by atoms with van der Waals surface area (Å²) in [5.41, 5.74) is 0.637. The molecule has 0 aliphatic carbocycles. The fraction of sp³-hybridized carbons (Fsp3) is 0.412. The zero-order valence-corrected chi connectivity index (χ0v) is 12.5. The summed E-state index contributed by atoms with van der Waals surface area (Å²) in [6, 6.07) is 10.4. The zero-order chi connectivity index (χ0) is 15.1. The predicted molar refractivity (Wildman–Crippen MR) is 80.3 cm³/mol. The van der Waals surface area contributed by atoms with Crippen molar-refractivity contribution in [1.29, 1.82) is 0 Å². The molecule has 0 aliphatic rings. The Labute approximate surface area is 125 Å². The van der Waals surface area contributed by atoms with E-state index in [-0.39, 0.29) is 11.9 Å². The number of ether oxygens (including phenoxy) is 1. The van der Waals surface area contributed by atoms with Crippen molar-refractivity contribution in [2.24, 2.45) is 5.92 Å². The molecule has 1 heterocycles. The first-order chi connectivity index (χ1) is 10.2. The molecule has 1 atom stereocenters. The van der Waals surface area contributed by atoms with E-state index in [4.69, 9.17) is 9.15 Å². The normalized spacial score (nSPS) is 12.8. The van der Waals surface area contributed by atoms with Crippen LogP contribution in [-0.2, 0) is 11.3 Å². The third kappa shape index (κ3) is 4.99. The highest BCUT2D eigenvalue weighted by Crippen LogP contribution is 2.16. The summed E-state index contributed by atoms with van der Waals surface area (Å²) < 4.78 is 24.8. The van der Waals surface area contributed by atoms with Gasteiger partial charge in [-0.3, -0.25) is 0 Å². The predicted octanol–water partition coefficient (Wildman–Crippen LogP) is 3.92. The molecule has 0 saturated carbocycles. The van der Waals surface area contributed by atoms with Gasteiger partial charge in [0, 0.05) is 18.7 Å². The quantitative estimate of drug-likeness (QED) is 0.800. The highest BCUT2D eigenvalue weighted by Gasteiger charge is 2.15. The van der Waals surface area contributed by atoms with E-state index >= 15 is 0 Å². The van der Waals surface area contributed by atoms with Gasteiger partial charge in [0.2, 0.25) is 0 Å². The third-order valence-corrected chi connectivity index (χ3v) is 3.12. The molecule has 3 nitrogen and oxygen atoms in total. The number of benzene rings is 1. The molecule has 0 fully saturated rings. The van der Waals surface area contributed by atoms with Crippen LogP contribution in [0.3, 0.4) is 0 Å². The second-order valence-corrected chi connectivity index (χ2v) is 5.47. The molecule has 1 unspecified atom stereocenters. The van der Waals surface area contributed by atoms with Crippen LogP contribution in [-0.4, -0.2) is 13.2 Å². The largest absolute Gasteiger partial charge is 0.468 e. The SMILES string of the molecule is CC(C)COCC(NCc1ccccc1F)c1ccco1. The molecule has 1 N–H and O–H groups in total. The van der Waals surface area contributed by atoms with Crippen molar-refractivity contribution in [3.63, 3.8) is 0 Å². The molecular weight excluding hydrogens is 269 g/mol. The number of halogens is 1. The van der Waals surface area contributed by atoms with Crippen molar-refractivity contribution in [3.05, 3.63) is 59.8 Å². The summed E-state index contributed by atoms with van der Waals surface area (Å²) in [6.45, 7) is 5.84. The fourth-order valence-electron chi connectivity index (χ4n) is 2.03. The highest BCUT2D eigenvalue weighted by atomic mass is 19.1. The number of hydrogen-bond donors (Lipinski definition) is 1. The minimum absolute atomic E-state index is 0.0849. The zero-order valence-electron chi connectivity index (χ0n) is 12.5. The van der Waals surface area contributed by atoms with Gasteiger partial charge in [0.15, 0.2) is 0 Å². The Morgan fingerprint density at radius 1 is 1.14 bits per heavy atom. The van der Waals surface area contributed by atoms with E-state index in [2.05, 4.69) is 19.2 Å². The molecule has 114 valence electrons. The standard InChI is InChI=1S/C17H22FNO2/c1-13(2)11-20-12-16(17-8-5-9-21-17)19-10-14-6-3-4-7-15(14)18/h3-9,13,16,19H,10-12H2,1-2H3. The van der Waals surface area contributed by atoms with Gasteiger partial charge in [-0.15, -0.1) is 0 Å². The Balaban J connectivity index is 1.94. The van der Waals surface area contributed by atoms with Gasteiger partial charge >= 0.3 is 0 Å². The fourth-order valence-corrected chi connectivity index (χ4v) is 2.03. The summed E-state index contributed by atoms with van der Waals surface area (Å²) >= 11 is 0. The summed E-state index contributed by atoms with van der Waals surface area (Å²) in [4.78, 5) is 0. The van der Waals surface area contributed by atoms with Gasteiger partial charge in [0.05, 0.1) is 18.9 Å². The first-order valence-electron chi connectivity index (χ1n) is 7.24. The van der Waals surface area contributed by atoms with Gasteiger partial charge in [0.25, 0.3) is 0 Å². The van der Waals surface area contributed by atoms with Gasteiger partial charge in [-0.25, -0.2) is 4.39 Å². The van der Waals surface area contributed by atoms with E-state index in [1.807, 2.05) is 18.2 Å². The van der Waals surface area contributed by atoms with Crippen LogP contribution in [0.4, 0.5) is 4.39 Å². The average molecular weight is 291 g/mol. The van der Waals surface area contributed by atoms with Crippen LogP contribution in [0.1, 0.15) is 31.2 Å². The molecule has 0 saturated heterocycles. The van der Waals surface area contributed by atoms with Crippen molar-refractivity contribution in [2.45, 2.75) is 26.4 Å². The van der Waals surface area contributed by atoms with Crippen LogP contribution in [0.2, 0.25) is 0 Å². The monoisotopic (exact) mass is 291 g/mol. The van der Waals surface area contributed by atoms with Crippen LogP contribution < -0.4 is 5.32 Å². The average Bonchev–Trinajstić information content (AvgIpc) is 2.98. The molecule has 21 heavy (non-hydrogen) atoms. The molecule has 0 amide bonds. The number of furan rings is 1. The van der Waals surface area contributed by atoms with E-state index in [0.29, 0.717) is 31.2 Å². The number of nitrogens with one attached hydrogen (secondary N) is 1. The molecule has 2 aromatic rings. The maximum Gasteiger partial charge on any atom is 0.127 e. The minimum atomic E-state index is -0.203. The van der Waals surface area contributed by atoms with Crippen LogP contribution in [0, 0.1) is 11.7 Å². The van der Waals surface area contributed by atoms with E-state index in [1.54, 1.807) is 18.4 Å². The summed E-state index contributed by atoms with van der Waals surface area (Å²) in [5.74, 6) is 1.08. The smallest absolute Gasteiger partial charge is 0.127 e. The molecular formula is C17H22FNO2. The van der Waals surface area contributed by atoms with Gasteiger partial charge in [-0.2, -0.15) is 0 Å². The lowest BCUT2D eigenvalue weighted by Crippen LogP contribution is -2.26. The Hall–Kier alpha value is -1.65. The van der Waals surface area contributed by atoms with Crippen molar-refractivity contribution < 1.29 is 13.5 Å². The first-order valence-corrected chi connectivity index (χ1v) is 7.24. The molecule has 4 heteroatoms. The molecule has 0 radical (unpaired) electrons. The van der Waals surface area contributed by atoms with Gasteiger partial charge in [0.1, 0.15) is 11.6 Å². The maximum atomic E-state index is 13.6. The molecule has 1 aromatic heterocycles. The topological polar surface area (TPSA) is 34.4 Å². The van der Waals surface area contributed by atoms with E-state index in [9.17, 15) is 4.39 Å². The van der Waals surface area contributed by atoms with Gasteiger partial charge in [-0.05, 0) is 24.1 Å². The lowest BCUT2D eigenvalue weighted by atomic mass is 10.1. The minimum Gasteiger partial charge on any atom is -0.468 e. The van der Waals surface area contributed by atoms with E-state index in [0.717, 1.165) is 5.76 Å². The van der Waals surface area contributed by atoms with E-state index < -0.39 is 0 Å². The number of rotatable bonds is 8. The molecule has 0 aliphatic heterocycles.